The summed E-state index contributed by atoms with van der Waals surface area (Å²) in [4.78, 5) is 27.7. The van der Waals surface area contributed by atoms with E-state index in [1.54, 1.807) is 30.3 Å². The molecule has 150 valence electrons. The van der Waals surface area contributed by atoms with Gasteiger partial charge in [-0.2, -0.15) is 0 Å². The molecule has 0 aliphatic carbocycles. The van der Waals surface area contributed by atoms with Crippen LogP contribution in [0.4, 0.5) is 15.8 Å². The molecule has 1 heterocycles. The molecule has 6 heteroatoms. The summed E-state index contributed by atoms with van der Waals surface area (Å²) >= 11 is 6.22. The van der Waals surface area contributed by atoms with Gasteiger partial charge in [0.1, 0.15) is 11.5 Å². The second kappa shape index (κ2) is 7.76. The van der Waals surface area contributed by atoms with Crippen LogP contribution in [-0.2, 0) is 9.59 Å². The number of hydrogen-bond acceptors (Lipinski definition) is 3. The number of benzene rings is 3. The van der Waals surface area contributed by atoms with Gasteiger partial charge >= 0.3 is 0 Å². The Bertz CT molecular complexity index is 1180. The Balaban J connectivity index is 1.84. The fraction of sp³-hybridized carbons (Fsp3) is 0.0833. The van der Waals surface area contributed by atoms with Crippen LogP contribution < -0.4 is 10.2 Å². The molecule has 2 amide bonds. The van der Waals surface area contributed by atoms with Gasteiger partial charge in [-0.3, -0.25) is 9.59 Å². The van der Waals surface area contributed by atoms with Crippen molar-refractivity contribution < 1.29 is 14.0 Å². The number of hydrogen-bond donors (Lipinski definition) is 1. The van der Waals surface area contributed by atoms with Crippen molar-refractivity contribution in [1.29, 1.82) is 0 Å². The predicted octanol–water partition coefficient (Wildman–Crippen LogP) is 5.49. The zero-order valence-electron chi connectivity index (χ0n) is 16.4. The summed E-state index contributed by atoms with van der Waals surface area (Å²) in [5.74, 6) is -1.43. The molecule has 0 spiro atoms. The summed E-state index contributed by atoms with van der Waals surface area (Å²) in [6.07, 6.45) is 0. The molecule has 0 unspecified atom stereocenters. The van der Waals surface area contributed by atoms with Crippen LogP contribution in [0, 0.1) is 19.7 Å². The maximum Gasteiger partial charge on any atom is 0.282 e. The lowest BCUT2D eigenvalue weighted by atomic mass is 10.0. The Morgan fingerprint density at radius 1 is 0.867 bits per heavy atom. The van der Waals surface area contributed by atoms with Gasteiger partial charge in [-0.05, 0) is 61.4 Å². The molecular formula is C24H18ClFN2O2. The standard InChI is InChI=1S/C24H18ClFN2O2/c1-14-6-8-16(9-7-14)21-22(27-20-5-3-4-19(25)15(20)2)24(30)28(23(21)29)18-12-10-17(26)11-13-18/h3-13,27H,1-2H3. The number of carbonyl (C=O) groups is 2. The van der Waals surface area contributed by atoms with Crippen molar-refractivity contribution in [1.82, 2.24) is 0 Å². The molecule has 0 bridgehead atoms. The largest absolute Gasteiger partial charge is 0.350 e. The lowest BCUT2D eigenvalue weighted by Gasteiger charge is -2.16. The second-order valence-corrected chi connectivity index (χ2v) is 7.48. The van der Waals surface area contributed by atoms with Gasteiger partial charge in [-0.25, -0.2) is 9.29 Å². The smallest absolute Gasteiger partial charge is 0.282 e. The number of nitrogens with zero attached hydrogens (tertiary/aromatic N) is 1. The Morgan fingerprint density at radius 2 is 1.53 bits per heavy atom. The SMILES string of the molecule is Cc1ccc(C2=C(Nc3cccc(Cl)c3C)C(=O)N(c3ccc(F)cc3)C2=O)cc1. The average molecular weight is 421 g/mol. The fourth-order valence-electron chi connectivity index (χ4n) is 3.34. The van der Waals surface area contributed by atoms with Gasteiger partial charge in [0.05, 0.1) is 11.3 Å². The van der Waals surface area contributed by atoms with E-state index in [4.69, 9.17) is 11.6 Å². The van der Waals surface area contributed by atoms with Crippen LogP contribution in [0.3, 0.4) is 0 Å². The molecule has 0 radical (unpaired) electrons. The zero-order chi connectivity index (χ0) is 21.4. The normalized spacial score (nSPS) is 13.9. The average Bonchev–Trinajstić information content (AvgIpc) is 2.97. The minimum Gasteiger partial charge on any atom is -0.350 e. The Hall–Kier alpha value is -3.44. The molecule has 1 aliphatic rings. The molecular weight excluding hydrogens is 403 g/mol. The van der Waals surface area contributed by atoms with E-state index in [2.05, 4.69) is 5.32 Å². The first-order chi connectivity index (χ1) is 14.4. The maximum atomic E-state index is 13.4. The molecule has 4 rings (SSSR count). The van der Waals surface area contributed by atoms with Crippen LogP contribution in [-0.4, -0.2) is 11.8 Å². The predicted molar refractivity (Wildman–Crippen MR) is 117 cm³/mol. The van der Waals surface area contributed by atoms with Crippen molar-refractivity contribution in [3.05, 3.63) is 100.0 Å². The highest BCUT2D eigenvalue weighted by Gasteiger charge is 2.40. The van der Waals surface area contributed by atoms with Gasteiger partial charge in [0.2, 0.25) is 0 Å². The lowest BCUT2D eigenvalue weighted by molar-refractivity contribution is -0.120. The molecule has 0 fully saturated rings. The van der Waals surface area contributed by atoms with Crippen molar-refractivity contribution in [2.75, 3.05) is 10.2 Å². The first kappa shape index (κ1) is 19.9. The third-order valence-corrected chi connectivity index (χ3v) is 5.45. The van der Waals surface area contributed by atoms with Crippen LogP contribution >= 0.6 is 11.6 Å². The van der Waals surface area contributed by atoms with Gasteiger partial charge in [-0.1, -0.05) is 47.5 Å². The number of anilines is 2. The molecule has 0 atom stereocenters. The summed E-state index contributed by atoms with van der Waals surface area (Å²) in [7, 11) is 0. The minimum atomic E-state index is -0.512. The molecule has 0 aromatic heterocycles. The van der Waals surface area contributed by atoms with Crippen molar-refractivity contribution in [2.24, 2.45) is 0 Å². The monoisotopic (exact) mass is 420 g/mol. The Morgan fingerprint density at radius 3 is 2.20 bits per heavy atom. The molecule has 0 saturated heterocycles. The van der Waals surface area contributed by atoms with E-state index in [0.29, 0.717) is 22.0 Å². The van der Waals surface area contributed by atoms with Crippen LogP contribution in [0.5, 0.6) is 0 Å². The molecule has 1 N–H and O–H groups in total. The van der Waals surface area contributed by atoms with Crippen LogP contribution in [0.25, 0.3) is 5.57 Å². The van der Waals surface area contributed by atoms with Crippen molar-refractivity contribution in [3.63, 3.8) is 0 Å². The van der Waals surface area contributed by atoms with E-state index in [-0.39, 0.29) is 11.3 Å². The number of amides is 2. The van der Waals surface area contributed by atoms with E-state index in [0.717, 1.165) is 16.0 Å². The topological polar surface area (TPSA) is 49.4 Å². The molecule has 3 aromatic carbocycles. The molecule has 3 aromatic rings. The van der Waals surface area contributed by atoms with Crippen molar-refractivity contribution in [2.45, 2.75) is 13.8 Å². The first-order valence-electron chi connectivity index (χ1n) is 9.34. The van der Waals surface area contributed by atoms with Gasteiger partial charge in [0.25, 0.3) is 11.8 Å². The summed E-state index contributed by atoms with van der Waals surface area (Å²) in [6, 6.07) is 17.9. The number of halogens is 2. The number of aryl methyl sites for hydroxylation is 1. The minimum absolute atomic E-state index is 0.151. The lowest BCUT2D eigenvalue weighted by Crippen LogP contribution is -2.32. The van der Waals surface area contributed by atoms with E-state index in [1.807, 2.05) is 26.0 Å². The summed E-state index contributed by atoms with van der Waals surface area (Å²) in [5.41, 5.74) is 3.75. The summed E-state index contributed by atoms with van der Waals surface area (Å²) < 4.78 is 13.4. The third kappa shape index (κ3) is 3.48. The first-order valence-corrected chi connectivity index (χ1v) is 9.72. The summed E-state index contributed by atoms with van der Waals surface area (Å²) in [6.45, 7) is 3.77. The van der Waals surface area contributed by atoms with E-state index < -0.39 is 17.6 Å². The van der Waals surface area contributed by atoms with Gasteiger partial charge in [0.15, 0.2) is 0 Å². The third-order valence-electron chi connectivity index (χ3n) is 5.04. The number of rotatable bonds is 4. The Labute approximate surface area is 178 Å². The summed E-state index contributed by atoms with van der Waals surface area (Å²) in [5, 5.41) is 3.66. The fourth-order valence-corrected chi connectivity index (χ4v) is 3.51. The number of nitrogens with one attached hydrogen (secondary N) is 1. The van der Waals surface area contributed by atoms with Gasteiger partial charge in [-0.15, -0.1) is 0 Å². The number of carbonyl (C=O) groups excluding carboxylic acids is 2. The highest BCUT2D eigenvalue weighted by molar-refractivity contribution is 6.46. The van der Waals surface area contributed by atoms with Gasteiger partial charge in [0, 0.05) is 10.7 Å². The molecule has 4 nitrogen and oxygen atoms in total. The quantitative estimate of drug-likeness (QED) is 0.567. The number of imide groups is 1. The van der Waals surface area contributed by atoms with Crippen molar-refractivity contribution >= 4 is 40.4 Å². The maximum absolute atomic E-state index is 13.4. The second-order valence-electron chi connectivity index (χ2n) is 7.08. The van der Waals surface area contributed by atoms with Crippen LogP contribution in [0.1, 0.15) is 16.7 Å². The van der Waals surface area contributed by atoms with Crippen molar-refractivity contribution in [3.8, 4) is 0 Å². The highest BCUT2D eigenvalue weighted by Crippen LogP contribution is 2.35. The zero-order valence-corrected chi connectivity index (χ0v) is 17.1. The molecule has 0 saturated carbocycles. The van der Waals surface area contributed by atoms with Gasteiger partial charge < -0.3 is 5.32 Å². The van der Waals surface area contributed by atoms with E-state index >= 15 is 0 Å². The molecule has 30 heavy (non-hydrogen) atoms. The highest BCUT2D eigenvalue weighted by atomic mass is 35.5. The van der Waals surface area contributed by atoms with Crippen LogP contribution in [0.15, 0.2) is 72.4 Å². The van der Waals surface area contributed by atoms with E-state index in [9.17, 15) is 14.0 Å². The van der Waals surface area contributed by atoms with Crippen LogP contribution in [0.2, 0.25) is 5.02 Å². The van der Waals surface area contributed by atoms with E-state index in [1.165, 1.54) is 24.3 Å². The molecule has 1 aliphatic heterocycles. The Kier molecular flexibility index (Phi) is 5.14.